The lowest BCUT2D eigenvalue weighted by atomic mass is 9.92. The van der Waals surface area contributed by atoms with Crippen molar-refractivity contribution in [1.29, 1.82) is 0 Å². The van der Waals surface area contributed by atoms with E-state index in [4.69, 9.17) is 21.7 Å². The van der Waals surface area contributed by atoms with Crippen LogP contribution < -0.4 is 11.5 Å². The summed E-state index contributed by atoms with van der Waals surface area (Å²) in [6.07, 6.45) is 1.42. The number of hydrogen-bond donors (Lipinski definition) is 4. The van der Waals surface area contributed by atoms with Crippen molar-refractivity contribution in [1.82, 2.24) is 0 Å². The van der Waals surface area contributed by atoms with Crippen LogP contribution in [0.2, 0.25) is 0 Å². The summed E-state index contributed by atoms with van der Waals surface area (Å²) in [5.74, 6) is -3.23. The minimum Gasteiger partial charge on any atom is -0.481 e. The molecule has 0 heterocycles. The summed E-state index contributed by atoms with van der Waals surface area (Å²) in [4.78, 5) is 33.1. The summed E-state index contributed by atoms with van der Waals surface area (Å²) >= 11 is 0. The van der Waals surface area contributed by atoms with E-state index in [0.29, 0.717) is 25.8 Å². The highest BCUT2D eigenvalue weighted by Crippen LogP contribution is 2.15. The quantitative estimate of drug-likeness (QED) is 0.387. The second-order valence-electron chi connectivity index (χ2n) is 4.53. The Bertz CT molecular complexity index is 319. The normalized spacial score (nSPS) is 13.8. The van der Waals surface area contributed by atoms with E-state index in [1.165, 1.54) is 0 Å². The van der Waals surface area contributed by atoms with Crippen LogP contribution in [-0.4, -0.2) is 40.5 Å². The van der Waals surface area contributed by atoms with Crippen LogP contribution in [0, 0.1) is 5.92 Å². The van der Waals surface area contributed by atoms with Gasteiger partial charge in [-0.1, -0.05) is 6.42 Å². The van der Waals surface area contributed by atoms with Crippen LogP contribution in [-0.2, 0) is 14.4 Å². The van der Waals surface area contributed by atoms with Crippen LogP contribution >= 0.6 is 0 Å². The van der Waals surface area contributed by atoms with Crippen LogP contribution in [0.25, 0.3) is 0 Å². The number of aliphatic carboxylic acids is 2. The van der Waals surface area contributed by atoms with E-state index in [-0.39, 0.29) is 19.3 Å². The molecule has 2 atom stereocenters. The first-order valence-electron chi connectivity index (χ1n) is 6.31. The molecule has 0 aromatic carbocycles. The molecule has 0 saturated carbocycles. The average molecular weight is 274 g/mol. The standard InChI is InChI=1S/C12H22N2O5/c13-6-2-1-3-8(12(18)19)7-10(15)9(14)4-5-11(16)17/h8-9H,1-7,13-14H2,(H,16,17)(H,18,19)/t8-,9-/m0/s1. The molecule has 0 aromatic rings. The number of Topliss-reactive ketones (excluding diaryl/α,β-unsaturated/α-hetero) is 1. The van der Waals surface area contributed by atoms with Crippen LogP contribution in [0.1, 0.15) is 38.5 Å². The predicted molar refractivity (Wildman–Crippen MR) is 68.5 cm³/mol. The molecule has 7 nitrogen and oxygen atoms in total. The Hall–Kier alpha value is -1.47. The fourth-order valence-electron chi connectivity index (χ4n) is 1.68. The Labute approximate surface area is 112 Å². The number of carboxylic acid groups (broad SMARTS) is 2. The van der Waals surface area contributed by atoms with Gasteiger partial charge in [0.05, 0.1) is 12.0 Å². The molecule has 110 valence electrons. The highest BCUT2D eigenvalue weighted by atomic mass is 16.4. The SMILES string of the molecule is NCCCC[C@@H](CC(=O)[C@@H](N)CCC(=O)O)C(=O)O. The minimum atomic E-state index is -1.03. The van der Waals surface area contributed by atoms with E-state index in [0.717, 1.165) is 0 Å². The Morgan fingerprint density at radius 3 is 2.16 bits per heavy atom. The smallest absolute Gasteiger partial charge is 0.306 e. The van der Waals surface area contributed by atoms with Gasteiger partial charge in [-0.3, -0.25) is 14.4 Å². The zero-order chi connectivity index (χ0) is 14.8. The summed E-state index contributed by atoms with van der Waals surface area (Å²) in [7, 11) is 0. The molecule has 0 radical (unpaired) electrons. The van der Waals surface area contributed by atoms with Gasteiger partial charge in [-0.25, -0.2) is 0 Å². The van der Waals surface area contributed by atoms with Gasteiger partial charge in [-0.15, -0.1) is 0 Å². The Morgan fingerprint density at radius 1 is 1.05 bits per heavy atom. The second kappa shape index (κ2) is 9.46. The molecular formula is C12H22N2O5. The number of carbonyl (C=O) groups is 3. The van der Waals surface area contributed by atoms with Crippen molar-refractivity contribution in [2.75, 3.05) is 6.54 Å². The molecule has 19 heavy (non-hydrogen) atoms. The molecule has 0 aliphatic carbocycles. The fraction of sp³-hybridized carbons (Fsp3) is 0.750. The summed E-state index contributed by atoms with van der Waals surface area (Å²) < 4.78 is 0. The lowest BCUT2D eigenvalue weighted by Gasteiger charge is -2.14. The van der Waals surface area contributed by atoms with Gasteiger partial charge in [-0.05, 0) is 25.8 Å². The van der Waals surface area contributed by atoms with Gasteiger partial charge in [0.25, 0.3) is 0 Å². The van der Waals surface area contributed by atoms with Gasteiger partial charge in [0.2, 0.25) is 0 Å². The predicted octanol–water partition coefficient (Wildman–Crippen LogP) is -0.0325. The van der Waals surface area contributed by atoms with Gasteiger partial charge in [0.15, 0.2) is 0 Å². The van der Waals surface area contributed by atoms with Crippen LogP contribution in [0.4, 0.5) is 0 Å². The minimum absolute atomic E-state index is 0.0311. The van der Waals surface area contributed by atoms with E-state index < -0.39 is 29.7 Å². The number of nitrogens with two attached hydrogens (primary N) is 2. The molecule has 0 aliphatic heterocycles. The Morgan fingerprint density at radius 2 is 1.68 bits per heavy atom. The summed E-state index contributed by atoms with van der Waals surface area (Å²) in [6.45, 7) is 0.485. The first kappa shape index (κ1) is 17.5. The Balaban J connectivity index is 4.21. The van der Waals surface area contributed by atoms with Gasteiger partial charge >= 0.3 is 11.9 Å². The maximum absolute atomic E-state index is 11.7. The molecule has 0 amide bonds. The monoisotopic (exact) mass is 274 g/mol. The topological polar surface area (TPSA) is 144 Å². The van der Waals surface area contributed by atoms with Crippen LogP contribution in [0.15, 0.2) is 0 Å². The lowest BCUT2D eigenvalue weighted by molar-refractivity contribution is -0.144. The van der Waals surface area contributed by atoms with E-state index in [1.807, 2.05) is 0 Å². The molecular weight excluding hydrogens is 252 g/mol. The number of rotatable bonds is 11. The number of carboxylic acids is 2. The zero-order valence-electron chi connectivity index (χ0n) is 10.9. The third kappa shape index (κ3) is 8.28. The van der Waals surface area contributed by atoms with Gasteiger partial charge in [0, 0.05) is 12.8 Å². The van der Waals surface area contributed by atoms with Crippen LogP contribution in [0.3, 0.4) is 0 Å². The number of ketones is 1. The molecule has 0 saturated heterocycles. The molecule has 7 heteroatoms. The van der Waals surface area contributed by atoms with E-state index >= 15 is 0 Å². The molecule has 6 N–H and O–H groups in total. The zero-order valence-corrected chi connectivity index (χ0v) is 10.9. The number of carbonyl (C=O) groups excluding carboxylic acids is 1. The summed E-state index contributed by atoms with van der Waals surface area (Å²) in [5.41, 5.74) is 10.9. The fourth-order valence-corrected chi connectivity index (χ4v) is 1.68. The number of hydrogen-bond acceptors (Lipinski definition) is 5. The number of unbranched alkanes of at least 4 members (excludes halogenated alkanes) is 1. The van der Waals surface area contributed by atoms with Crippen molar-refractivity contribution in [2.24, 2.45) is 17.4 Å². The average Bonchev–Trinajstić information content (AvgIpc) is 2.34. The van der Waals surface area contributed by atoms with E-state index in [2.05, 4.69) is 0 Å². The van der Waals surface area contributed by atoms with Gasteiger partial charge in [0.1, 0.15) is 5.78 Å². The van der Waals surface area contributed by atoms with Crippen molar-refractivity contribution in [3.8, 4) is 0 Å². The van der Waals surface area contributed by atoms with E-state index in [9.17, 15) is 14.4 Å². The van der Waals surface area contributed by atoms with Gasteiger partial charge in [-0.2, -0.15) is 0 Å². The van der Waals surface area contributed by atoms with Crippen LogP contribution in [0.5, 0.6) is 0 Å². The van der Waals surface area contributed by atoms with E-state index in [1.54, 1.807) is 0 Å². The summed E-state index contributed by atoms with van der Waals surface area (Å²) in [5, 5.41) is 17.5. The maximum Gasteiger partial charge on any atom is 0.306 e. The highest BCUT2D eigenvalue weighted by molar-refractivity contribution is 5.87. The third-order valence-corrected chi connectivity index (χ3v) is 2.89. The Kier molecular flexibility index (Phi) is 8.73. The first-order chi connectivity index (χ1) is 8.88. The maximum atomic E-state index is 11.7. The van der Waals surface area contributed by atoms with Crippen molar-refractivity contribution in [2.45, 2.75) is 44.6 Å². The van der Waals surface area contributed by atoms with Crippen molar-refractivity contribution in [3.05, 3.63) is 0 Å². The molecule has 0 fully saturated rings. The molecule has 0 bridgehead atoms. The molecule has 0 unspecified atom stereocenters. The molecule has 0 aromatic heterocycles. The molecule has 0 spiro atoms. The lowest BCUT2D eigenvalue weighted by Crippen LogP contribution is -2.33. The first-order valence-corrected chi connectivity index (χ1v) is 6.31. The largest absolute Gasteiger partial charge is 0.481 e. The highest BCUT2D eigenvalue weighted by Gasteiger charge is 2.24. The molecule has 0 rings (SSSR count). The van der Waals surface area contributed by atoms with Crippen molar-refractivity contribution >= 4 is 17.7 Å². The second-order valence-corrected chi connectivity index (χ2v) is 4.53. The van der Waals surface area contributed by atoms with Crippen molar-refractivity contribution < 1.29 is 24.6 Å². The summed E-state index contributed by atoms with van der Waals surface area (Å²) in [6, 6.07) is -0.910. The van der Waals surface area contributed by atoms with Crippen molar-refractivity contribution in [3.63, 3.8) is 0 Å². The van der Waals surface area contributed by atoms with Gasteiger partial charge < -0.3 is 21.7 Å². The third-order valence-electron chi connectivity index (χ3n) is 2.89. The molecule has 0 aliphatic rings.